The van der Waals surface area contributed by atoms with Gasteiger partial charge in [-0.25, -0.2) is 13.8 Å². The minimum Gasteiger partial charge on any atom is -0.494 e. The first kappa shape index (κ1) is 22.7. The summed E-state index contributed by atoms with van der Waals surface area (Å²) >= 11 is 0. The van der Waals surface area contributed by atoms with Crippen molar-refractivity contribution >= 4 is 6.21 Å². The van der Waals surface area contributed by atoms with Crippen molar-refractivity contribution in [1.29, 1.82) is 0 Å². The Morgan fingerprint density at radius 1 is 1.09 bits per heavy atom. The molecule has 1 N–H and O–H groups in total. The van der Waals surface area contributed by atoms with Gasteiger partial charge in [0.15, 0.2) is 11.6 Å². The molecule has 0 fully saturated rings. The third kappa shape index (κ3) is 4.77. The second-order valence-electron chi connectivity index (χ2n) is 8.49. The number of fused-ring (bicyclic) bond motifs is 1. The zero-order chi connectivity index (χ0) is 24.4. The molecule has 4 aromatic rings. The number of hydrogen-bond donors (Lipinski definition) is 1. The predicted octanol–water partition coefficient (Wildman–Crippen LogP) is 5.86. The molecule has 178 valence electrons. The number of imidazole rings is 1. The van der Waals surface area contributed by atoms with E-state index < -0.39 is 11.6 Å². The van der Waals surface area contributed by atoms with Crippen molar-refractivity contribution in [3.63, 3.8) is 0 Å². The molecule has 3 heterocycles. The van der Waals surface area contributed by atoms with Crippen LogP contribution >= 0.6 is 0 Å². The standard InChI is InChI=1S/C27H25F2N5O/c1-3-11-35-19-8-9-20(17(2)12-19)23-10-7-18(13-30-23)15-34-16-25-24(14-31-34)32-27(33-25)21-5-4-6-22(28)26(21)29/h4-10,12-14H,3,11,15-16H2,1-2H3,(H,32,33). The van der Waals surface area contributed by atoms with Crippen molar-refractivity contribution in [2.24, 2.45) is 5.10 Å². The maximum absolute atomic E-state index is 14.2. The molecule has 0 bridgehead atoms. The highest BCUT2D eigenvalue weighted by Crippen LogP contribution is 2.27. The first-order valence-corrected chi connectivity index (χ1v) is 11.5. The topological polar surface area (TPSA) is 66.4 Å². The van der Waals surface area contributed by atoms with Gasteiger partial charge in [0, 0.05) is 11.8 Å². The second kappa shape index (κ2) is 9.66. The van der Waals surface area contributed by atoms with Crippen molar-refractivity contribution in [3.8, 4) is 28.4 Å². The molecule has 0 radical (unpaired) electrons. The Bertz CT molecular complexity index is 1380. The van der Waals surface area contributed by atoms with E-state index >= 15 is 0 Å². The van der Waals surface area contributed by atoms with Crippen molar-refractivity contribution in [1.82, 2.24) is 20.0 Å². The van der Waals surface area contributed by atoms with Gasteiger partial charge in [0.1, 0.15) is 17.3 Å². The number of aryl methyl sites for hydroxylation is 1. The summed E-state index contributed by atoms with van der Waals surface area (Å²) in [5, 5.41) is 6.33. The Morgan fingerprint density at radius 3 is 2.74 bits per heavy atom. The van der Waals surface area contributed by atoms with Crippen molar-refractivity contribution in [2.75, 3.05) is 6.61 Å². The number of benzene rings is 2. The van der Waals surface area contributed by atoms with E-state index in [4.69, 9.17) is 4.74 Å². The largest absolute Gasteiger partial charge is 0.494 e. The predicted molar refractivity (Wildman–Crippen MR) is 131 cm³/mol. The SMILES string of the molecule is CCCOc1ccc(-c2ccc(CN3Cc4[nH]c(-c5cccc(F)c5F)nc4C=N3)cn2)c(C)c1. The third-order valence-electron chi connectivity index (χ3n) is 5.84. The number of rotatable bonds is 7. The highest BCUT2D eigenvalue weighted by atomic mass is 19.2. The number of pyridine rings is 1. The van der Waals surface area contributed by atoms with E-state index in [-0.39, 0.29) is 11.4 Å². The zero-order valence-electron chi connectivity index (χ0n) is 19.6. The fourth-order valence-corrected chi connectivity index (χ4v) is 4.04. The van der Waals surface area contributed by atoms with Gasteiger partial charge in [-0.1, -0.05) is 19.1 Å². The molecule has 0 atom stereocenters. The zero-order valence-corrected chi connectivity index (χ0v) is 19.6. The Morgan fingerprint density at radius 2 is 1.97 bits per heavy atom. The lowest BCUT2D eigenvalue weighted by molar-refractivity contribution is 0.264. The Balaban J connectivity index is 1.27. The molecule has 0 aliphatic carbocycles. The number of nitrogens with zero attached hydrogens (tertiary/aromatic N) is 4. The number of H-pyrrole nitrogens is 1. The number of halogens is 2. The van der Waals surface area contributed by atoms with Crippen molar-refractivity contribution in [2.45, 2.75) is 33.4 Å². The summed E-state index contributed by atoms with van der Waals surface area (Å²) in [6, 6.07) is 14.1. The molecule has 8 heteroatoms. The Kier molecular flexibility index (Phi) is 6.27. The van der Waals surface area contributed by atoms with Gasteiger partial charge < -0.3 is 9.72 Å². The molecular formula is C27H25F2N5O. The molecule has 1 aliphatic heterocycles. The molecule has 6 nitrogen and oxygen atoms in total. The van der Waals surface area contributed by atoms with Crippen LogP contribution in [-0.4, -0.2) is 32.8 Å². The molecule has 0 saturated heterocycles. The maximum Gasteiger partial charge on any atom is 0.169 e. The third-order valence-corrected chi connectivity index (χ3v) is 5.84. The average molecular weight is 474 g/mol. The average Bonchev–Trinajstić information content (AvgIpc) is 3.28. The summed E-state index contributed by atoms with van der Waals surface area (Å²) in [6.07, 6.45) is 4.45. The lowest BCUT2D eigenvalue weighted by Gasteiger charge is -2.21. The van der Waals surface area contributed by atoms with Gasteiger partial charge in [-0.05, 0) is 60.9 Å². The van der Waals surface area contributed by atoms with E-state index in [9.17, 15) is 8.78 Å². The quantitative estimate of drug-likeness (QED) is 0.365. The van der Waals surface area contributed by atoms with Crippen molar-refractivity contribution < 1.29 is 13.5 Å². The van der Waals surface area contributed by atoms with Gasteiger partial charge in [0.2, 0.25) is 0 Å². The second-order valence-corrected chi connectivity index (χ2v) is 8.49. The van der Waals surface area contributed by atoms with Gasteiger partial charge >= 0.3 is 0 Å². The minimum atomic E-state index is -0.920. The maximum atomic E-state index is 14.2. The van der Waals surface area contributed by atoms with Crippen LogP contribution in [0.2, 0.25) is 0 Å². The van der Waals surface area contributed by atoms with Crippen LogP contribution in [0.15, 0.2) is 59.8 Å². The van der Waals surface area contributed by atoms with Crippen LogP contribution in [0, 0.1) is 18.6 Å². The molecule has 2 aromatic heterocycles. The van der Waals surface area contributed by atoms with Gasteiger partial charge in [0.05, 0.1) is 42.9 Å². The number of ether oxygens (including phenoxy) is 1. The molecular weight excluding hydrogens is 448 g/mol. The first-order valence-electron chi connectivity index (χ1n) is 11.5. The Hall–Kier alpha value is -4.07. The van der Waals surface area contributed by atoms with Crippen molar-refractivity contribution in [3.05, 3.63) is 88.9 Å². The highest BCUT2D eigenvalue weighted by Gasteiger charge is 2.20. The summed E-state index contributed by atoms with van der Waals surface area (Å²) in [6.45, 7) is 5.86. The molecule has 0 spiro atoms. The molecule has 2 aromatic carbocycles. The van der Waals surface area contributed by atoms with E-state index in [0.29, 0.717) is 25.4 Å². The number of aromatic nitrogens is 3. The van der Waals surface area contributed by atoms with Crippen LogP contribution in [0.25, 0.3) is 22.6 Å². The Labute approximate surface area is 202 Å². The monoisotopic (exact) mass is 473 g/mol. The number of hydrazone groups is 1. The molecule has 35 heavy (non-hydrogen) atoms. The summed E-state index contributed by atoms with van der Waals surface area (Å²) in [5.41, 5.74) is 5.59. The normalized spacial score (nSPS) is 12.6. The lowest BCUT2D eigenvalue weighted by atomic mass is 10.0. The van der Waals surface area contributed by atoms with Crippen LogP contribution in [0.1, 0.15) is 35.9 Å². The molecule has 0 amide bonds. The summed E-state index contributed by atoms with van der Waals surface area (Å²) < 4.78 is 33.5. The minimum absolute atomic E-state index is 0.0967. The number of nitrogens with one attached hydrogen (secondary N) is 1. The van der Waals surface area contributed by atoms with E-state index in [1.807, 2.05) is 41.5 Å². The molecule has 0 saturated carbocycles. The lowest BCUT2D eigenvalue weighted by Crippen LogP contribution is -2.21. The van der Waals surface area contributed by atoms with Gasteiger partial charge in [0.25, 0.3) is 0 Å². The van der Waals surface area contributed by atoms with Gasteiger partial charge in [-0.15, -0.1) is 0 Å². The fourth-order valence-electron chi connectivity index (χ4n) is 4.04. The fraction of sp³-hybridized carbons (Fsp3) is 0.222. The van der Waals surface area contributed by atoms with Crippen LogP contribution in [0.5, 0.6) is 5.75 Å². The van der Waals surface area contributed by atoms with Gasteiger partial charge in [-0.3, -0.25) is 9.99 Å². The van der Waals surface area contributed by atoms with Crippen LogP contribution in [0.3, 0.4) is 0 Å². The molecule has 1 aliphatic rings. The van der Waals surface area contributed by atoms with Gasteiger partial charge in [-0.2, -0.15) is 5.10 Å². The first-order chi connectivity index (χ1) is 17.0. The van der Waals surface area contributed by atoms with E-state index in [1.54, 1.807) is 6.21 Å². The summed E-state index contributed by atoms with van der Waals surface area (Å²) in [7, 11) is 0. The number of hydrogen-bond acceptors (Lipinski definition) is 5. The van der Waals surface area contributed by atoms with Crippen LogP contribution in [-0.2, 0) is 13.1 Å². The summed E-state index contributed by atoms with van der Waals surface area (Å²) in [4.78, 5) is 12.1. The molecule has 0 unspecified atom stereocenters. The number of aromatic amines is 1. The van der Waals surface area contributed by atoms with E-state index in [2.05, 4.69) is 33.9 Å². The summed E-state index contributed by atoms with van der Waals surface area (Å²) in [5.74, 6) is -0.669. The van der Waals surface area contributed by atoms with Crippen LogP contribution in [0.4, 0.5) is 8.78 Å². The van der Waals surface area contributed by atoms with E-state index in [1.165, 1.54) is 12.1 Å². The smallest absolute Gasteiger partial charge is 0.169 e. The highest BCUT2D eigenvalue weighted by molar-refractivity contribution is 5.80. The van der Waals surface area contributed by atoms with Crippen LogP contribution < -0.4 is 4.74 Å². The van der Waals surface area contributed by atoms with E-state index in [0.717, 1.165) is 46.3 Å². The molecule has 5 rings (SSSR count).